The number of β-amino-alcohol motifs (C(OH)–C–C–N with tert-alkyl or cyclic N) is 1. The zero-order valence-electron chi connectivity index (χ0n) is 9.72. The molecular formula is C11H11F3N2O3. The van der Waals surface area contributed by atoms with E-state index in [1.54, 1.807) is 0 Å². The molecule has 1 aromatic rings. The van der Waals surface area contributed by atoms with Gasteiger partial charge in [-0.3, -0.25) is 10.1 Å². The van der Waals surface area contributed by atoms with Gasteiger partial charge in [-0.15, -0.1) is 0 Å². The van der Waals surface area contributed by atoms with E-state index in [-0.39, 0.29) is 12.2 Å². The van der Waals surface area contributed by atoms with Crippen LogP contribution in [0.3, 0.4) is 0 Å². The summed E-state index contributed by atoms with van der Waals surface area (Å²) in [5.74, 6) is 0. The van der Waals surface area contributed by atoms with E-state index in [0.29, 0.717) is 19.0 Å². The van der Waals surface area contributed by atoms with Gasteiger partial charge in [-0.25, -0.2) is 0 Å². The van der Waals surface area contributed by atoms with Crippen molar-refractivity contribution >= 4 is 11.4 Å². The van der Waals surface area contributed by atoms with Crippen molar-refractivity contribution in [3.05, 3.63) is 33.9 Å². The predicted molar refractivity (Wildman–Crippen MR) is 60.9 cm³/mol. The average molecular weight is 276 g/mol. The Morgan fingerprint density at radius 1 is 1.42 bits per heavy atom. The van der Waals surface area contributed by atoms with E-state index in [0.717, 1.165) is 12.1 Å². The van der Waals surface area contributed by atoms with Crippen molar-refractivity contribution in [2.75, 3.05) is 18.0 Å². The van der Waals surface area contributed by atoms with E-state index in [1.165, 1.54) is 4.90 Å². The highest BCUT2D eigenvalue weighted by Crippen LogP contribution is 2.39. The Kier molecular flexibility index (Phi) is 3.36. The van der Waals surface area contributed by atoms with Crippen LogP contribution in [0, 0.1) is 10.1 Å². The molecule has 0 amide bonds. The third kappa shape index (κ3) is 2.78. The Hall–Kier alpha value is -1.83. The van der Waals surface area contributed by atoms with Crippen LogP contribution >= 0.6 is 0 Å². The molecule has 0 spiro atoms. The van der Waals surface area contributed by atoms with Gasteiger partial charge in [0.25, 0.3) is 5.69 Å². The molecule has 1 atom stereocenters. The molecule has 2 rings (SSSR count). The van der Waals surface area contributed by atoms with Crippen molar-refractivity contribution < 1.29 is 23.2 Å². The molecule has 5 nitrogen and oxygen atoms in total. The maximum atomic E-state index is 12.9. The Labute approximate surface area is 106 Å². The van der Waals surface area contributed by atoms with E-state index >= 15 is 0 Å². The molecular weight excluding hydrogens is 265 g/mol. The first kappa shape index (κ1) is 13.6. The van der Waals surface area contributed by atoms with Gasteiger partial charge in [0.15, 0.2) is 0 Å². The Bertz CT molecular complexity index is 504. The number of non-ortho nitro benzene ring substituents is 1. The lowest BCUT2D eigenvalue weighted by molar-refractivity contribution is -0.385. The predicted octanol–water partition coefficient (Wildman–Crippen LogP) is 2.18. The zero-order valence-corrected chi connectivity index (χ0v) is 9.72. The van der Waals surface area contributed by atoms with Crippen molar-refractivity contribution in [3.63, 3.8) is 0 Å². The molecule has 1 fully saturated rings. The maximum Gasteiger partial charge on any atom is 0.418 e. The molecule has 0 aliphatic carbocycles. The van der Waals surface area contributed by atoms with Gasteiger partial charge in [0.05, 0.1) is 16.6 Å². The fraction of sp³-hybridized carbons (Fsp3) is 0.455. The van der Waals surface area contributed by atoms with Crippen LogP contribution in [-0.4, -0.2) is 29.2 Å². The van der Waals surface area contributed by atoms with Gasteiger partial charge < -0.3 is 10.0 Å². The molecule has 1 aromatic carbocycles. The summed E-state index contributed by atoms with van der Waals surface area (Å²) in [5.41, 5.74) is -1.78. The summed E-state index contributed by atoms with van der Waals surface area (Å²) in [6.07, 6.45) is -4.96. The molecule has 1 aliphatic heterocycles. The van der Waals surface area contributed by atoms with Gasteiger partial charge in [0.1, 0.15) is 0 Å². The molecule has 0 radical (unpaired) electrons. The van der Waals surface area contributed by atoms with Gasteiger partial charge in [-0.05, 0) is 12.5 Å². The fourth-order valence-corrected chi connectivity index (χ4v) is 2.10. The number of nitro benzene ring substituents is 1. The van der Waals surface area contributed by atoms with E-state index in [9.17, 15) is 28.4 Å². The van der Waals surface area contributed by atoms with Crippen molar-refractivity contribution in [2.45, 2.75) is 18.7 Å². The first-order valence-corrected chi connectivity index (χ1v) is 5.57. The number of aliphatic hydroxyl groups is 1. The summed E-state index contributed by atoms with van der Waals surface area (Å²) in [6.45, 7) is 0.392. The van der Waals surface area contributed by atoms with Gasteiger partial charge in [0.2, 0.25) is 0 Å². The monoisotopic (exact) mass is 276 g/mol. The second-order valence-corrected chi connectivity index (χ2v) is 4.34. The Morgan fingerprint density at radius 2 is 2.11 bits per heavy atom. The molecule has 104 valence electrons. The third-order valence-corrected chi connectivity index (χ3v) is 3.00. The van der Waals surface area contributed by atoms with Crippen molar-refractivity contribution in [2.24, 2.45) is 0 Å². The highest BCUT2D eigenvalue weighted by atomic mass is 19.4. The van der Waals surface area contributed by atoms with Crippen LogP contribution in [0.2, 0.25) is 0 Å². The molecule has 0 bridgehead atoms. The van der Waals surface area contributed by atoms with Crippen LogP contribution in [0.15, 0.2) is 18.2 Å². The van der Waals surface area contributed by atoms with Crippen LogP contribution in [0.1, 0.15) is 12.0 Å². The third-order valence-electron chi connectivity index (χ3n) is 3.00. The first-order chi connectivity index (χ1) is 8.79. The van der Waals surface area contributed by atoms with E-state index in [4.69, 9.17) is 0 Å². The van der Waals surface area contributed by atoms with Gasteiger partial charge in [-0.2, -0.15) is 13.2 Å². The largest absolute Gasteiger partial charge is 0.418 e. The number of alkyl halides is 3. The first-order valence-electron chi connectivity index (χ1n) is 5.57. The van der Waals surface area contributed by atoms with Crippen molar-refractivity contribution in [3.8, 4) is 0 Å². The quantitative estimate of drug-likeness (QED) is 0.664. The summed E-state index contributed by atoms with van der Waals surface area (Å²) >= 11 is 0. The van der Waals surface area contributed by atoms with Crippen molar-refractivity contribution in [1.82, 2.24) is 0 Å². The minimum atomic E-state index is -4.67. The molecule has 1 N–H and O–H groups in total. The van der Waals surface area contributed by atoms with Crippen LogP contribution < -0.4 is 4.90 Å². The number of aliphatic hydroxyl groups excluding tert-OH is 1. The lowest BCUT2D eigenvalue weighted by atomic mass is 10.1. The van der Waals surface area contributed by atoms with Crippen molar-refractivity contribution in [1.29, 1.82) is 0 Å². The zero-order chi connectivity index (χ0) is 14.2. The number of hydrogen-bond acceptors (Lipinski definition) is 4. The summed E-state index contributed by atoms with van der Waals surface area (Å²) in [4.78, 5) is 11.1. The summed E-state index contributed by atoms with van der Waals surface area (Å²) < 4.78 is 38.8. The molecule has 1 unspecified atom stereocenters. The number of rotatable bonds is 2. The summed E-state index contributed by atoms with van der Waals surface area (Å²) in [6, 6.07) is 2.65. The van der Waals surface area contributed by atoms with Gasteiger partial charge >= 0.3 is 6.18 Å². The second-order valence-electron chi connectivity index (χ2n) is 4.34. The maximum absolute atomic E-state index is 12.9. The van der Waals surface area contributed by atoms with Crippen LogP contribution in [-0.2, 0) is 6.18 Å². The fourth-order valence-electron chi connectivity index (χ4n) is 2.10. The van der Waals surface area contributed by atoms with Crippen LogP contribution in [0.5, 0.6) is 0 Å². The van der Waals surface area contributed by atoms with Gasteiger partial charge in [0, 0.05) is 30.9 Å². The second kappa shape index (κ2) is 4.69. The van der Waals surface area contributed by atoms with E-state index < -0.39 is 28.5 Å². The number of hydrogen-bond donors (Lipinski definition) is 1. The molecule has 1 heterocycles. The summed E-state index contributed by atoms with van der Waals surface area (Å²) in [7, 11) is 0. The molecule has 19 heavy (non-hydrogen) atoms. The normalized spacial score (nSPS) is 19.8. The summed E-state index contributed by atoms with van der Waals surface area (Å²) in [5, 5.41) is 19.9. The minimum Gasteiger partial charge on any atom is -0.391 e. The van der Waals surface area contributed by atoms with Crippen LogP contribution in [0.25, 0.3) is 0 Å². The molecule has 1 saturated heterocycles. The van der Waals surface area contributed by atoms with E-state index in [1.807, 2.05) is 0 Å². The molecule has 0 saturated carbocycles. The number of halogens is 3. The lowest BCUT2D eigenvalue weighted by Crippen LogP contribution is -2.24. The molecule has 0 aromatic heterocycles. The average Bonchev–Trinajstić information content (AvgIpc) is 2.73. The smallest absolute Gasteiger partial charge is 0.391 e. The topological polar surface area (TPSA) is 66.6 Å². The Morgan fingerprint density at radius 3 is 2.58 bits per heavy atom. The number of nitrogens with zero attached hydrogens (tertiary/aromatic N) is 2. The highest BCUT2D eigenvalue weighted by molar-refractivity contribution is 5.59. The lowest BCUT2D eigenvalue weighted by Gasteiger charge is -2.22. The SMILES string of the molecule is O=[N+]([O-])c1ccc(N2CCC(O)C2)c(C(F)(F)F)c1. The van der Waals surface area contributed by atoms with E-state index in [2.05, 4.69) is 0 Å². The molecule has 1 aliphatic rings. The Balaban J connectivity index is 2.45. The number of anilines is 1. The standard InChI is InChI=1S/C11H11F3N2O3/c12-11(13,14)9-5-7(16(18)19)1-2-10(9)15-4-3-8(17)6-15/h1-2,5,8,17H,3-4,6H2. The van der Waals surface area contributed by atoms with Crippen LogP contribution in [0.4, 0.5) is 24.5 Å². The minimum absolute atomic E-state index is 0.0981. The molecule has 8 heteroatoms. The highest BCUT2D eigenvalue weighted by Gasteiger charge is 2.37. The number of benzene rings is 1. The number of nitro groups is 1. The van der Waals surface area contributed by atoms with Gasteiger partial charge in [-0.1, -0.05) is 0 Å².